The highest BCUT2D eigenvalue weighted by atomic mass is 16.2. The lowest BCUT2D eigenvalue weighted by molar-refractivity contribution is -0.117. The molecule has 1 fully saturated rings. The van der Waals surface area contributed by atoms with Gasteiger partial charge in [-0.05, 0) is 41.5 Å². The zero-order valence-corrected chi connectivity index (χ0v) is 12.1. The van der Waals surface area contributed by atoms with E-state index in [4.69, 9.17) is 0 Å². The standard InChI is InChI=1S/C19H16N2O/c22-19(18-11-17(18)13-4-2-1-3-5-13)21-16-7-6-15-12-20-9-8-14(15)10-16/h1-10,12,17-18H,11H2,(H,21,22)/t17?,18-/m1/s1. The van der Waals surface area contributed by atoms with Crippen molar-refractivity contribution in [1.29, 1.82) is 0 Å². The summed E-state index contributed by atoms with van der Waals surface area (Å²) in [7, 11) is 0. The lowest BCUT2D eigenvalue weighted by Gasteiger charge is -2.06. The molecule has 22 heavy (non-hydrogen) atoms. The van der Waals surface area contributed by atoms with Crippen LogP contribution in [0.5, 0.6) is 0 Å². The van der Waals surface area contributed by atoms with E-state index in [0.717, 1.165) is 22.9 Å². The van der Waals surface area contributed by atoms with Crippen LogP contribution in [0.4, 0.5) is 5.69 Å². The largest absolute Gasteiger partial charge is 0.326 e. The van der Waals surface area contributed by atoms with E-state index in [-0.39, 0.29) is 11.8 Å². The van der Waals surface area contributed by atoms with E-state index >= 15 is 0 Å². The summed E-state index contributed by atoms with van der Waals surface area (Å²) in [6.07, 6.45) is 4.53. The molecule has 2 atom stereocenters. The van der Waals surface area contributed by atoms with Gasteiger partial charge in [0.1, 0.15) is 0 Å². The zero-order valence-electron chi connectivity index (χ0n) is 12.1. The van der Waals surface area contributed by atoms with Crippen LogP contribution in [0.1, 0.15) is 17.9 Å². The molecule has 1 aliphatic rings. The highest BCUT2D eigenvalue weighted by molar-refractivity contribution is 5.97. The van der Waals surface area contributed by atoms with E-state index in [9.17, 15) is 4.79 Å². The van der Waals surface area contributed by atoms with Crippen LogP contribution in [0.2, 0.25) is 0 Å². The number of hydrogen-bond donors (Lipinski definition) is 1. The minimum Gasteiger partial charge on any atom is -0.326 e. The molecular formula is C19H16N2O. The Morgan fingerprint density at radius 1 is 1.05 bits per heavy atom. The number of nitrogens with zero attached hydrogens (tertiary/aromatic N) is 1. The molecule has 0 aliphatic heterocycles. The molecule has 1 N–H and O–H groups in total. The number of aromatic nitrogens is 1. The SMILES string of the molecule is O=C(Nc1ccc2cnccc2c1)[C@@H]1CC1c1ccccc1. The molecular weight excluding hydrogens is 272 g/mol. The molecule has 0 radical (unpaired) electrons. The van der Waals surface area contributed by atoms with E-state index in [1.54, 1.807) is 6.20 Å². The van der Waals surface area contributed by atoms with Gasteiger partial charge in [-0.25, -0.2) is 0 Å². The highest BCUT2D eigenvalue weighted by Crippen LogP contribution is 2.47. The second-order valence-electron chi connectivity index (χ2n) is 5.79. The Morgan fingerprint density at radius 3 is 2.77 bits per heavy atom. The topological polar surface area (TPSA) is 42.0 Å². The molecule has 2 aromatic carbocycles. The molecule has 1 aromatic heterocycles. The number of anilines is 1. The van der Waals surface area contributed by atoms with Crippen LogP contribution in [-0.2, 0) is 4.79 Å². The molecule has 3 aromatic rings. The Bertz CT molecular complexity index is 829. The highest BCUT2D eigenvalue weighted by Gasteiger charge is 2.43. The summed E-state index contributed by atoms with van der Waals surface area (Å²) in [4.78, 5) is 16.5. The minimum absolute atomic E-state index is 0.0931. The first kappa shape index (κ1) is 13.0. The number of fused-ring (bicyclic) bond motifs is 1. The summed E-state index contributed by atoms with van der Waals surface area (Å²) in [5, 5.41) is 5.20. The van der Waals surface area contributed by atoms with E-state index < -0.39 is 0 Å². The zero-order chi connectivity index (χ0) is 14.9. The van der Waals surface area contributed by atoms with Crippen molar-refractivity contribution in [3.8, 4) is 0 Å². The van der Waals surface area contributed by atoms with Crippen LogP contribution in [0.3, 0.4) is 0 Å². The van der Waals surface area contributed by atoms with Crippen molar-refractivity contribution in [1.82, 2.24) is 4.98 Å². The van der Waals surface area contributed by atoms with Crippen molar-refractivity contribution in [2.75, 3.05) is 5.32 Å². The van der Waals surface area contributed by atoms with Crippen molar-refractivity contribution >= 4 is 22.4 Å². The van der Waals surface area contributed by atoms with Gasteiger partial charge in [0, 0.05) is 29.4 Å². The number of hydrogen-bond acceptors (Lipinski definition) is 2. The quantitative estimate of drug-likeness (QED) is 0.792. The molecule has 0 spiro atoms. The fourth-order valence-corrected chi connectivity index (χ4v) is 2.95. The summed E-state index contributed by atoms with van der Waals surface area (Å²) >= 11 is 0. The monoisotopic (exact) mass is 288 g/mol. The van der Waals surface area contributed by atoms with Crippen LogP contribution < -0.4 is 5.32 Å². The fraction of sp³-hybridized carbons (Fsp3) is 0.158. The number of pyridine rings is 1. The summed E-state index contributed by atoms with van der Waals surface area (Å²) < 4.78 is 0. The number of amides is 1. The van der Waals surface area contributed by atoms with Crippen LogP contribution in [0.15, 0.2) is 67.0 Å². The van der Waals surface area contributed by atoms with Crippen molar-refractivity contribution in [2.24, 2.45) is 5.92 Å². The molecule has 108 valence electrons. The number of rotatable bonds is 3. The van der Waals surface area contributed by atoms with E-state index in [0.29, 0.717) is 5.92 Å². The Kier molecular flexibility index (Phi) is 3.11. The summed E-state index contributed by atoms with van der Waals surface area (Å²) in [5.74, 6) is 0.573. The molecule has 0 bridgehead atoms. The van der Waals surface area contributed by atoms with Crippen molar-refractivity contribution in [3.05, 3.63) is 72.6 Å². The molecule has 3 nitrogen and oxygen atoms in total. The van der Waals surface area contributed by atoms with Gasteiger partial charge in [0.15, 0.2) is 0 Å². The first-order chi connectivity index (χ1) is 10.8. The van der Waals surface area contributed by atoms with Gasteiger partial charge in [-0.15, -0.1) is 0 Å². The Labute approximate surface area is 129 Å². The van der Waals surface area contributed by atoms with Gasteiger partial charge in [0.05, 0.1) is 0 Å². The first-order valence-corrected chi connectivity index (χ1v) is 7.51. The van der Waals surface area contributed by atoms with Gasteiger partial charge in [-0.3, -0.25) is 9.78 Å². The van der Waals surface area contributed by atoms with Gasteiger partial charge in [0.2, 0.25) is 5.91 Å². The number of nitrogens with one attached hydrogen (secondary N) is 1. The third-order valence-electron chi connectivity index (χ3n) is 4.26. The van der Waals surface area contributed by atoms with Gasteiger partial charge >= 0.3 is 0 Å². The van der Waals surface area contributed by atoms with Crippen LogP contribution >= 0.6 is 0 Å². The molecule has 4 rings (SSSR count). The Morgan fingerprint density at radius 2 is 1.91 bits per heavy atom. The second kappa shape index (κ2) is 5.26. The molecule has 1 amide bonds. The molecule has 1 unspecified atom stereocenters. The molecule has 1 saturated carbocycles. The lowest BCUT2D eigenvalue weighted by atomic mass is 10.1. The van der Waals surface area contributed by atoms with Crippen LogP contribution in [0, 0.1) is 5.92 Å². The van der Waals surface area contributed by atoms with Crippen LogP contribution in [-0.4, -0.2) is 10.9 Å². The number of carbonyl (C=O) groups excluding carboxylic acids is 1. The molecule has 0 saturated heterocycles. The van der Waals surface area contributed by atoms with Gasteiger partial charge < -0.3 is 5.32 Å². The normalized spacial score (nSPS) is 19.8. The Hall–Kier alpha value is -2.68. The summed E-state index contributed by atoms with van der Waals surface area (Å²) in [6, 6.07) is 18.1. The van der Waals surface area contributed by atoms with E-state index in [2.05, 4.69) is 22.4 Å². The van der Waals surface area contributed by atoms with Crippen molar-refractivity contribution < 1.29 is 4.79 Å². The molecule has 1 heterocycles. The van der Waals surface area contributed by atoms with E-state index in [1.165, 1.54) is 5.56 Å². The Balaban J connectivity index is 1.48. The van der Waals surface area contributed by atoms with Gasteiger partial charge in [0.25, 0.3) is 0 Å². The molecule has 1 aliphatic carbocycles. The van der Waals surface area contributed by atoms with Crippen LogP contribution in [0.25, 0.3) is 10.8 Å². The third-order valence-corrected chi connectivity index (χ3v) is 4.26. The van der Waals surface area contributed by atoms with E-state index in [1.807, 2.05) is 48.7 Å². The molecule has 3 heteroatoms. The second-order valence-corrected chi connectivity index (χ2v) is 5.79. The van der Waals surface area contributed by atoms with Crippen molar-refractivity contribution in [3.63, 3.8) is 0 Å². The first-order valence-electron chi connectivity index (χ1n) is 7.51. The predicted octanol–water partition coefficient (Wildman–Crippen LogP) is 3.98. The lowest BCUT2D eigenvalue weighted by Crippen LogP contribution is -2.14. The van der Waals surface area contributed by atoms with Crippen molar-refractivity contribution in [2.45, 2.75) is 12.3 Å². The third kappa shape index (κ3) is 2.46. The van der Waals surface area contributed by atoms with Gasteiger partial charge in [-0.1, -0.05) is 36.4 Å². The number of carbonyl (C=O) groups is 1. The average Bonchev–Trinajstić information content (AvgIpc) is 3.36. The summed E-state index contributed by atoms with van der Waals surface area (Å²) in [6.45, 7) is 0. The smallest absolute Gasteiger partial charge is 0.228 e. The minimum atomic E-state index is 0.0931. The fourth-order valence-electron chi connectivity index (χ4n) is 2.95. The average molecular weight is 288 g/mol. The maximum absolute atomic E-state index is 12.4. The summed E-state index contributed by atoms with van der Waals surface area (Å²) in [5.41, 5.74) is 2.11. The predicted molar refractivity (Wildman–Crippen MR) is 87.7 cm³/mol. The maximum atomic E-state index is 12.4. The number of benzene rings is 2. The maximum Gasteiger partial charge on any atom is 0.228 e. The van der Waals surface area contributed by atoms with Gasteiger partial charge in [-0.2, -0.15) is 0 Å².